The van der Waals surface area contributed by atoms with Crippen molar-refractivity contribution in [2.75, 3.05) is 11.9 Å². The number of carbonyl (C=O) groups is 1. The molecule has 1 aliphatic rings. The van der Waals surface area contributed by atoms with Crippen molar-refractivity contribution in [1.29, 1.82) is 0 Å². The summed E-state index contributed by atoms with van der Waals surface area (Å²) in [6.07, 6.45) is 1.51. The van der Waals surface area contributed by atoms with Crippen LogP contribution in [0.3, 0.4) is 0 Å². The number of ketones is 1. The third-order valence-corrected chi connectivity index (χ3v) is 3.17. The number of hydrogen-bond acceptors (Lipinski definition) is 5. The minimum absolute atomic E-state index is 0.104. The summed E-state index contributed by atoms with van der Waals surface area (Å²) in [5.74, 6) is 0.880. The van der Waals surface area contributed by atoms with Gasteiger partial charge < -0.3 is 15.0 Å². The van der Waals surface area contributed by atoms with Crippen molar-refractivity contribution in [3.63, 3.8) is 0 Å². The Labute approximate surface area is 124 Å². The minimum atomic E-state index is -0.323. The van der Waals surface area contributed by atoms with Crippen LogP contribution < -0.4 is 15.6 Å². The number of Topliss-reactive ketones (excluding diaryl/α,β-unsaturated/α-hetero) is 1. The second-order valence-corrected chi connectivity index (χ2v) is 4.84. The summed E-state index contributed by atoms with van der Waals surface area (Å²) in [6, 6.07) is 8.38. The number of nitrogens with one attached hydrogen (secondary N) is 3. The second-order valence-electron chi connectivity index (χ2n) is 4.43. The quantitative estimate of drug-likeness (QED) is 0.583. The van der Waals surface area contributed by atoms with Crippen molar-refractivity contribution >= 4 is 23.8 Å². The molecule has 0 bridgehead atoms. The van der Waals surface area contributed by atoms with Crippen LogP contribution in [0.25, 0.3) is 0 Å². The Kier molecular flexibility index (Phi) is 3.41. The van der Waals surface area contributed by atoms with Crippen LogP contribution in [0.4, 0.5) is 5.82 Å². The van der Waals surface area contributed by atoms with Crippen LogP contribution in [0, 0.1) is 4.77 Å². The first kappa shape index (κ1) is 13.3. The van der Waals surface area contributed by atoms with Crippen LogP contribution in [-0.4, -0.2) is 22.4 Å². The molecule has 0 amide bonds. The van der Waals surface area contributed by atoms with Gasteiger partial charge in [0.2, 0.25) is 0 Å². The molecule has 1 aromatic heterocycles. The molecule has 0 saturated heterocycles. The molecule has 3 N–H and O–H groups in total. The molecule has 1 aliphatic heterocycles. The van der Waals surface area contributed by atoms with E-state index in [4.69, 9.17) is 17.0 Å². The maximum absolute atomic E-state index is 12.3. The highest BCUT2D eigenvalue weighted by atomic mass is 32.1. The van der Waals surface area contributed by atoms with Gasteiger partial charge in [-0.3, -0.25) is 14.6 Å². The Morgan fingerprint density at radius 3 is 2.86 bits per heavy atom. The van der Waals surface area contributed by atoms with Gasteiger partial charge in [-0.05, 0) is 24.4 Å². The van der Waals surface area contributed by atoms with Gasteiger partial charge in [-0.1, -0.05) is 12.1 Å². The number of ether oxygens (including phenoxy) is 1. The molecule has 6 nitrogen and oxygen atoms in total. The molecule has 0 spiro atoms. The number of H-pyrrole nitrogens is 2. The van der Waals surface area contributed by atoms with E-state index >= 15 is 0 Å². The first-order valence-electron chi connectivity index (χ1n) is 6.19. The zero-order valence-corrected chi connectivity index (χ0v) is 11.6. The molecule has 21 heavy (non-hydrogen) atoms. The van der Waals surface area contributed by atoms with Crippen LogP contribution in [-0.2, 0) is 0 Å². The number of hydrogen-bond donors (Lipinski definition) is 3. The van der Waals surface area contributed by atoms with Crippen LogP contribution in [0.2, 0.25) is 0 Å². The van der Waals surface area contributed by atoms with Crippen molar-refractivity contribution in [2.45, 2.75) is 0 Å². The van der Waals surface area contributed by atoms with Crippen molar-refractivity contribution < 1.29 is 9.53 Å². The SMILES string of the molecule is O=C1/C(=C/Nc2cc(=O)[nH]c(=S)[nH]2)COc2ccccc21. The van der Waals surface area contributed by atoms with E-state index in [1.165, 1.54) is 12.3 Å². The molecule has 7 heteroatoms. The van der Waals surface area contributed by atoms with Crippen molar-refractivity contribution in [1.82, 2.24) is 9.97 Å². The molecule has 3 rings (SSSR count). The molecular weight excluding hydrogens is 290 g/mol. The average Bonchev–Trinajstić information content (AvgIpc) is 2.46. The Balaban J connectivity index is 1.87. The van der Waals surface area contributed by atoms with Crippen LogP contribution in [0.1, 0.15) is 10.4 Å². The zero-order valence-electron chi connectivity index (χ0n) is 10.8. The lowest BCUT2D eigenvalue weighted by molar-refractivity contribution is 0.0999. The molecule has 106 valence electrons. The third kappa shape index (κ3) is 2.77. The van der Waals surface area contributed by atoms with Gasteiger partial charge >= 0.3 is 0 Å². The fraction of sp³-hybridized carbons (Fsp3) is 0.0714. The minimum Gasteiger partial charge on any atom is -0.488 e. The van der Waals surface area contributed by atoms with E-state index < -0.39 is 0 Å². The number of anilines is 1. The van der Waals surface area contributed by atoms with Gasteiger partial charge in [-0.25, -0.2) is 0 Å². The van der Waals surface area contributed by atoms with E-state index in [-0.39, 0.29) is 22.7 Å². The summed E-state index contributed by atoms with van der Waals surface area (Å²) in [6.45, 7) is 0.173. The Hall–Kier alpha value is -2.67. The van der Waals surface area contributed by atoms with E-state index in [0.29, 0.717) is 22.7 Å². The lowest BCUT2D eigenvalue weighted by Crippen LogP contribution is -2.20. The lowest BCUT2D eigenvalue weighted by atomic mass is 10.0. The number of aromatic nitrogens is 2. The van der Waals surface area contributed by atoms with Gasteiger partial charge in [-0.15, -0.1) is 0 Å². The van der Waals surface area contributed by atoms with Crippen molar-refractivity contribution in [2.24, 2.45) is 0 Å². The predicted octanol–water partition coefficient (Wildman–Crippen LogP) is 2.00. The van der Waals surface area contributed by atoms with E-state index in [9.17, 15) is 9.59 Å². The molecule has 0 aliphatic carbocycles. The van der Waals surface area contributed by atoms with Crippen LogP contribution in [0.5, 0.6) is 5.75 Å². The molecule has 2 heterocycles. The topological polar surface area (TPSA) is 87.0 Å². The average molecular weight is 301 g/mol. The molecule has 0 fully saturated rings. The first-order chi connectivity index (χ1) is 10.1. The number of para-hydroxylation sites is 1. The fourth-order valence-corrected chi connectivity index (χ4v) is 2.20. The highest BCUT2D eigenvalue weighted by Crippen LogP contribution is 2.26. The summed E-state index contributed by atoms with van der Waals surface area (Å²) in [7, 11) is 0. The van der Waals surface area contributed by atoms with Gasteiger partial charge in [0.15, 0.2) is 10.6 Å². The van der Waals surface area contributed by atoms with Gasteiger partial charge in [0.1, 0.15) is 18.2 Å². The molecule has 0 radical (unpaired) electrons. The summed E-state index contributed by atoms with van der Waals surface area (Å²) in [4.78, 5) is 28.8. The normalized spacial score (nSPS) is 15.4. The van der Waals surface area contributed by atoms with Gasteiger partial charge in [0, 0.05) is 12.3 Å². The van der Waals surface area contributed by atoms with E-state index in [0.717, 1.165) is 0 Å². The summed E-state index contributed by atoms with van der Waals surface area (Å²) >= 11 is 4.87. The monoisotopic (exact) mass is 301 g/mol. The number of fused-ring (bicyclic) bond motifs is 1. The van der Waals surface area contributed by atoms with Gasteiger partial charge in [-0.2, -0.15) is 0 Å². The molecule has 0 atom stereocenters. The Bertz CT molecular complexity index is 823. The standard InChI is InChI=1S/C14H11N3O3S/c18-12-5-11(16-14(21)17-12)15-6-8-7-20-10-4-2-1-3-9(10)13(8)19/h1-6H,7H2,(H3,15,16,17,18,21)/b8-6+. The summed E-state index contributed by atoms with van der Waals surface area (Å²) < 4.78 is 5.72. The lowest BCUT2D eigenvalue weighted by Gasteiger charge is -2.18. The third-order valence-electron chi connectivity index (χ3n) is 2.97. The Morgan fingerprint density at radius 2 is 2.05 bits per heavy atom. The maximum Gasteiger partial charge on any atom is 0.253 e. The Morgan fingerprint density at radius 1 is 1.24 bits per heavy atom. The fourth-order valence-electron chi connectivity index (χ4n) is 1.99. The van der Waals surface area contributed by atoms with E-state index in [1.807, 2.05) is 6.07 Å². The molecule has 1 aromatic carbocycles. The molecule has 0 unspecified atom stereocenters. The van der Waals surface area contributed by atoms with E-state index in [2.05, 4.69) is 15.3 Å². The van der Waals surface area contributed by atoms with Crippen LogP contribution in [0.15, 0.2) is 46.9 Å². The van der Waals surface area contributed by atoms with E-state index in [1.54, 1.807) is 18.2 Å². The number of rotatable bonds is 2. The molecular formula is C14H11N3O3S. The van der Waals surface area contributed by atoms with Gasteiger partial charge in [0.25, 0.3) is 5.56 Å². The maximum atomic E-state index is 12.3. The zero-order chi connectivity index (χ0) is 14.8. The number of carbonyl (C=O) groups excluding carboxylic acids is 1. The highest BCUT2D eigenvalue weighted by molar-refractivity contribution is 7.71. The number of benzene rings is 1. The van der Waals surface area contributed by atoms with Gasteiger partial charge in [0.05, 0.1) is 11.1 Å². The summed E-state index contributed by atoms with van der Waals surface area (Å²) in [5.41, 5.74) is 0.667. The molecule has 0 saturated carbocycles. The first-order valence-corrected chi connectivity index (χ1v) is 6.60. The molecule has 2 aromatic rings. The van der Waals surface area contributed by atoms with Crippen molar-refractivity contribution in [3.8, 4) is 5.75 Å². The predicted molar refractivity (Wildman–Crippen MR) is 80.2 cm³/mol. The smallest absolute Gasteiger partial charge is 0.253 e. The highest BCUT2D eigenvalue weighted by Gasteiger charge is 2.22. The van der Waals surface area contributed by atoms with Crippen LogP contribution >= 0.6 is 12.2 Å². The summed E-state index contributed by atoms with van der Waals surface area (Å²) in [5, 5.41) is 2.85. The van der Waals surface area contributed by atoms with Crippen molar-refractivity contribution in [3.05, 3.63) is 62.8 Å². The number of aromatic amines is 2. The largest absolute Gasteiger partial charge is 0.488 e. The second kappa shape index (κ2) is 5.37.